The van der Waals surface area contributed by atoms with Crippen molar-refractivity contribution >= 4 is 11.7 Å². The monoisotopic (exact) mass is 173 g/mol. The van der Waals surface area contributed by atoms with E-state index >= 15 is 0 Å². The van der Waals surface area contributed by atoms with Crippen molar-refractivity contribution in [1.29, 1.82) is 0 Å². The number of carbonyl (C=O) groups is 1. The van der Waals surface area contributed by atoms with Crippen LogP contribution in [-0.4, -0.2) is 36.6 Å². The molecule has 2 atom stereocenters. The summed E-state index contributed by atoms with van der Waals surface area (Å²) in [4.78, 5) is 15.8. The molecule has 0 saturated carbocycles. The summed E-state index contributed by atoms with van der Waals surface area (Å²) in [5.74, 6) is -0.707. The molecule has 5 nitrogen and oxygen atoms in total. The number of aliphatic hydroxyl groups excluding tert-OH is 1. The summed E-state index contributed by atoms with van der Waals surface area (Å²) in [6, 6.07) is 0. The Labute approximate surface area is 70.0 Å². The molecule has 0 radical (unpaired) electrons. The van der Waals surface area contributed by atoms with Crippen molar-refractivity contribution in [2.75, 3.05) is 13.7 Å². The average molecular weight is 173 g/mol. The van der Waals surface area contributed by atoms with Crippen LogP contribution in [0.15, 0.2) is 5.16 Å². The third-order valence-corrected chi connectivity index (χ3v) is 1.85. The van der Waals surface area contributed by atoms with E-state index in [0.29, 0.717) is 0 Å². The number of methoxy groups -OCH3 is 1. The minimum atomic E-state index is -0.501. The molecule has 1 heterocycles. The van der Waals surface area contributed by atoms with Gasteiger partial charge in [-0.1, -0.05) is 12.1 Å². The van der Waals surface area contributed by atoms with Crippen molar-refractivity contribution < 1.29 is 19.5 Å². The van der Waals surface area contributed by atoms with Gasteiger partial charge in [0.2, 0.25) is 0 Å². The fourth-order valence-corrected chi connectivity index (χ4v) is 0.994. The lowest BCUT2D eigenvalue weighted by Crippen LogP contribution is -2.28. The van der Waals surface area contributed by atoms with Gasteiger partial charge in [-0.05, 0) is 0 Å². The van der Waals surface area contributed by atoms with Gasteiger partial charge in [0.15, 0.2) is 11.8 Å². The normalized spacial score (nSPS) is 27.8. The predicted molar refractivity (Wildman–Crippen MR) is 40.6 cm³/mol. The topological polar surface area (TPSA) is 68.1 Å². The standard InChI is InChI=1S/C7H11NO4/c1-4-5(3-9)12-8-6(4)7(10)11-2/h4-5,9H,3H2,1-2H3. The summed E-state index contributed by atoms with van der Waals surface area (Å²) in [5, 5.41) is 12.3. The number of rotatable bonds is 2. The maximum Gasteiger partial charge on any atom is 0.356 e. The second-order valence-corrected chi connectivity index (χ2v) is 2.58. The summed E-state index contributed by atoms with van der Waals surface area (Å²) in [6.07, 6.45) is -0.418. The third kappa shape index (κ3) is 1.40. The largest absolute Gasteiger partial charge is 0.464 e. The lowest BCUT2D eigenvalue weighted by Gasteiger charge is -2.09. The van der Waals surface area contributed by atoms with Crippen LogP contribution >= 0.6 is 0 Å². The second kappa shape index (κ2) is 3.53. The molecule has 5 heteroatoms. The summed E-state index contributed by atoms with van der Waals surface area (Å²) in [5.41, 5.74) is 0.233. The van der Waals surface area contributed by atoms with Crippen LogP contribution in [0, 0.1) is 5.92 Å². The van der Waals surface area contributed by atoms with Crippen molar-refractivity contribution in [1.82, 2.24) is 0 Å². The molecule has 0 aromatic heterocycles. The Bertz CT molecular complexity index is 213. The summed E-state index contributed by atoms with van der Waals surface area (Å²) in [6.45, 7) is 1.61. The van der Waals surface area contributed by atoms with Gasteiger partial charge in [0.1, 0.15) is 0 Å². The molecule has 0 amide bonds. The number of aliphatic hydroxyl groups is 1. The summed E-state index contributed by atoms with van der Waals surface area (Å²) >= 11 is 0. The number of hydrogen-bond acceptors (Lipinski definition) is 5. The molecule has 1 rings (SSSR count). The van der Waals surface area contributed by atoms with Gasteiger partial charge < -0.3 is 14.7 Å². The first-order valence-corrected chi connectivity index (χ1v) is 3.63. The number of hydrogen-bond donors (Lipinski definition) is 1. The zero-order valence-corrected chi connectivity index (χ0v) is 6.98. The van der Waals surface area contributed by atoms with E-state index in [1.807, 2.05) is 0 Å². The third-order valence-electron chi connectivity index (χ3n) is 1.85. The molecular formula is C7H11NO4. The van der Waals surface area contributed by atoms with Crippen molar-refractivity contribution in [3.8, 4) is 0 Å². The van der Waals surface area contributed by atoms with Gasteiger partial charge in [-0.25, -0.2) is 4.79 Å². The molecule has 12 heavy (non-hydrogen) atoms. The highest BCUT2D eigenvalue weighted by molar-refractivity contribution is 6.37. The van der Waals surface area contributed by atoms with Crippen LogP contribution < -0.4 is 0 Å². The van der Waals surface area contributed by atoms with E-state index in [0.717, 1.165) is 0 Å². The van der Waals surface area contributed by atoms with Crippen LogP contribution in [0.5, 0.6) is 0 Å². The molecule has 0 aliphatic carbocycles. The SMILES string of the molecule is COC(=O)C1=NOC(CO)C1C. The van der Waals surface area contributed by atoms with Gasteiger partial charge >= 0.3 is 5.97 Å². The second-order valence-electron chi connectivity index (χ2n) is 2.58. The Hall–Kier alpha value is -1.10. The number of esters is 1. The molecule has 1 aliphatic heterocycles. The highest BCUT2D eigenvalue weighted by Crippen LogP contribution is 2.17. The average Bonchev–Trinajstić information content (AvgIpc) is 2.45. The number of nitrogens with zero attached hydrogens (tertiary/aromatic N) is 1. The fourth-order valence-electron chi connectivity index (χ4n) is 0.994. The quantitative estimate of drug-likeness (QED) is 0.574. The molecule has 68 valence electrons. The predicted octanol–water partition coefficient (Wildman–Crippen LogP) is -0.457. The molecule has 1 aliphatic rings. The van der Waals surface area contributed by atoms with E-state index in [1.165, 1.54) is 7.11 Å². The Balaban J connectivity index is 2.64. The van der Waals surface area contributed by atoms with Gasteiger partial charge in [0.25, 0.3) is 0 Å². The zero-order chi connectivity index (χ0) is 9.14. The highest BCUT2D eigenvalue weighted by Gasteiger charge is 2.34. The van der Waals surface area contributed by atoms with Crippen LogP contribution in [0.4, 0.5) is 0 Å². The van der Waals surface area contributed by atoms with E-state index in [1.54, 1.807) is 6.92 Å². The number of carbonyl (C=O) groups excluding carboxylic acids is 1. The summed E-state index contributed by atoms with van der Waals surface area (Å²) in [7, 11) is 1.28. The molecule has 2 unspecified atom stereocenters. The Morgan fingerprint density at radius 3 is 2.92 bits per heavy atom. The molecule has 0 saturated heterocycles. The van der Waals surface area contributed by atoms with Gasteiger partial charge in [-0.2, -0.15) is 0 Å². The first kappa shape index (κ1) is 8.99. The van der Waals surface area contributed by atoms with Crippen molar-refractivity contribution in [3.05, 3.63) is 0 Å². The fraction of sp³-hybridized carbons (Fsp3) is 0.714. The highest BCUT2D eigenvalue weighted by atomic mass is 16.7. The smallest absolute Gasteiger partial charge is 0.356 e. The summed E-state index contributed by atoms with van der Waals surface area (Å²) < 4.78 is 4.47. The van der Waals surface area contributed by atoms with Crippen molar-refractivity contribution in [2.24, 2.45) is 11.1 Å². The van der Waals surface area contributed by atoms with E-state index < -0.39 is 12.1 Å². The van der Waals surface area contributed by atoms with E-state index in [4.69, 9.17) is 9.94 Å². The first-order valence-electron chi connectivity index (χ1n) is 3.63. The Kier molecular flexibility index (Phi) is 2.65. The molecular weight excluding hydrogens is 162 g/mol. The van der Waals surface area contributed by atoms with Crippen LogP contribution in [0.1, 0.15) is 6.92 Å². The van der Waals surface area contributed by atoms with Crippen LogP contribution in [-0.2, 0) is 14.4 Å². The first-order chi connectivity index (χ1) is 5.70. The van der Waals surface area contributed by atoms with Crippen LogP contribution in [0.2, 0.25) is 0 Å². The van der Waals surface area contributed by atoms with Crippen molar-refractivity contribution in [2.45, 2.75) is 13.0 Å². The Morgan fingerprint density at radius 2 is 2.50 bits per heavy atom. The van der Waals surface area contributed by atoms with Crippen molar-refractivity contribution in [3.63, 3.8) is 0 Å². The van der Waals surface area contributed by atoms with E-state index in [9.17, 15) is 4.79 Å². The van der Waals surface area contributed by atoms with E-state index in [-0.39, 0.29) is 18.2 Å². The lowest BCUT2D eigenvalue weighted by atomic mass is 10.0. The van der Waals surface area contributed by atoms with Gasteiger partial charge in [0, 0.05) is 0 Å². The lowest BCUT2D eigenvalue weighted by molar-refractivity contribution is -0.133. The number of oxime groups is 1. The Morgan fingerprint density at radius 1 is 1.83 bits per heavy atom. The molecule has 0 aromatic rings. The molecule has 0 aromatic carbocycles. The number of ether oxygens (including phenoxy) is 1. The zero-order valence-electron chi connectivity index (χ0n) is 6.98. The van der Waals surface area contributed by atoms with Crippen LogP contribution in [0.3, 0.4) is 0 Å². The molecule has 0 fully saturated rings. The van der Waals surface area contributed by atoms with Crippen LogP contribution in [0.25, 0.3) is 0 Å². The van der Waals surface area contributed by atoms with E-state index in [2.05, 4.69) is 9.89 Å². The van der Waals surface area contributed by atoms with Gasteiger partial charge in [-0.15, -0.1) is 0 Å². The maximum absolute atomic E-state index is 11.0. The molecule has 0 spiro atoms. The molecule has 1 N–H and O–H groups in total. The van der Waals surface area contributed by atoms with Gasteiger partial charge in [-0.3, -0.25) is 0 Å². The maximum atomic E-state index is 11.0. The molecule has 0 bridgehead atoms. The van der Waals surface area contributed by atoms with Gasteiger partial charge in [0.05, 0.1) is 19.6 Å². The minimum Gasteiger partial charge on any atom is -0.464 e. The minimum absolute atomic E-state index is 0.148.